The maximum absolute atomic E-state index is 11.2. The summed E-state index contributed by atoms with van der Waals surface area (Å²) in [5.41, 5.74) is 6.28. The predicted molar refractivity (Wildman–Crippen MR) is 109 cm³/mol. The van der Waals surface area contributed by atoms with Gasteiger partial charge in [-0.15, -0.1) is 0 Å². The summed E-state index contributed by atoms with van der Waals surface area (Å²) in [4.78, 5) is 10.8. The number of hydrogen-bond acceptors (Lipinski definition) is 2. The third-order valence-corrected chi connectivity index (χ3v) is 4.54. The van der Waals surface area contributed by atoms with Gasteiger partial charge in [0.1, 0.15) is 0 Å². The molecule has 4 aromatic carbocycles. The van der Waals surface area contributed by atoms with E-state index in [2.05, 4.69) is 42.5 Å². The van der Waals surface area contributed by atoms with E-state index < -0.39 is 0 Å². The molecule has 0 aliphatic rings. The number of benzene rings is 4. The van der Waals surface area contributed by atoms with Crippen LogP contribution < -0.4 is 0 Å². The smallest absolute Gasteiger partial charge is 0.258 e. The van der Waals surface area contributed by atoms with Crippen LogP contribution in [0, 0.1) is 10.1 Å². The number of nitro benzene ring substituents is 1. The lowest BCUT2D eigenvalue weighted by Gasteiger charge is -2.11. The van der Waals surface area contributed by atoms with Gasteiger partial charge in [-0.05, 0) is 51.6 Å². The molecular weight excluding hydrogens is 334 g/mol. The Hall–Kier alpha value is -3.72. The van der Waals surface area contributed by atoms with Crippen molar-refractivity contribution >= 4 is 5.69 Å². The van der Waals surface area contributed by atoms with Crippen molar-refractivity contribution in [3.8, 4) is 33.4 Å². The van der Waals surface area contributed by atoms with Crippen LogP contribution in [-0.4, -0.2) is 4.92 Å². The third kappa shape index (κ3) is 3.62. The molecule has 4 aromatic rings. The van der Waals surface area contributed by atoms with Crippen molar-refractivity contribution in [3.63, 3.8) is 0 Å². The van der Waals surface area contributed by atoms with Gasteiger partial charge in [0, 0.05) is 12.1 Å². The van der Waals surface area contributed by atoms with Crippen molar-refractivity contribution < 1.29 is 4.92 Å². The Labute approximate surface area is 157 Å². The molecule has 0 aliphatic carbocycles. The molecule has 4 rings (SSSR count). The highest BCUT2D eigenvalue weighted by Crippen LogP contribution is 2.33. The zero-order valence-corrected chi connectivity index (χ0v) is 14.6. The highest BCUT2D eigenvalue weighted by Gasteiger charge is 2.10. The fourth-order valence-electron chi connectivity index (χ4n) is 3.19. The minimum atomic E-state index is -0.358. The Kier molecular flexibility index (Phi) is 4.50. The van der Waals surface area contributed by atoms with Gasteiger partial charge in [0.05, 0.1) is 4.92 Å². The molecule has 0 fully saturated rings. The van der Waals surface area contributed by atoms with Crippen LogP contribution in [0.3, 0.4) is 0 Å². The Morgan fingerprint density at radius 1 is 0.481 bits per heavy atom. The first-order chi connectivity index (χ1) is 13.2. The largest absolute Gasteiger partial charge is 0.270 e. The molecule has 0 atom stereocenters. The molecule has 0 amide bonds. The molecule has 0 saturated carbocycles. The predicted octanol–water partition coefficient (Wildman–Crippen LogP) is 6.60. The fourth-order valence-corrected chi connectivity index (χ4v) is 3.19. The van der Waals surface area contributed by atoms with Crippen LogP contribution in [0.15, 0.2) is 103 Å². The van der Waals surface area contributed by atoms with E-state index in [-0.39, 0.29) is 10.6 Å². The normalized spacial score (nSPS) is 10.5. The van der Waals surface area contributed by atoms with E-state index in [9.17, 15) is 10.1 Å². The fraction of sp³-hybridized carbons (Fsp3) is 0. The molecule has 27 heavy (non-hydrogen) atoms. The number of non-ortho nitro benzene ring substituents is 1. The van der Waals surface area contributed by atoms with E-state index in [1.807, 2.05) is 42.5 Å². The molecule has 0 aliphatic heterocycles. The number of nitro groups is 1. The third-order valence-electron chi connectivity index (χ3n) is 4.54. The van der Waals surface area contributed by atoms with E-state index in [1.54, 1.807) is 12.1 Å². The van der Waals surface area contributed by atoms with E-state index in [1.165, 1.54) is 6.07 Å². The van der Waals surface area contributed by atoms with Crippen LogP contribution in [0.5, 0.6) is 0 Å². The first-order valence-corrected chi connectivity index (χ1v) is 8.71. The Morgan fingerprint density at radius 2 is 0.926 bits per heavy atom. The zero-order valence-electron chi connectivity index (χ0n) is 14.6. The second-order valence-electron chi connectivity index (χ2n) is 6.34. The number of hydrogen-bond donors (Lipinski definition) is 0. The van der Waals surface area contributed by atoms with Crippen molar-refractivity contribution in [2.45, 2.75) is 0 Å². The molecule has 3 heteroatoms. The van der Waals surface area contributed by atoms with Crippen molar-refractivity contribution in [1.29, 1.82) is 0 Å². The lowest BCUT2D eigenvalue weighted by atomic mass is 9.93. The molecule has 0 heterocycles. The summed E-state index contributed by atoms with van der Waals surface area (Å²) in [6.45, 7) is 0. The second-order valence-corrected chi connectivity index (χ2v) is 6.34. The van der Waals surface area contributed by atoms with Crippen LogP contribution in [-0.2, 0) is 0 Å². The highest BCUT2D eigenvalue weighted by atomic mass is 16.6. The Balaban J connectivity index is 1.91. The maximum atomic E-state index is 11.2. The van der Waals surface area contributed by atoms with Gasteiger partial charge in [0.2, 0.25) is 0 Å². The van der Waals surface area contributed by atoms with E-state index in [0.717, 1.165) is 33.4 Å². The van der Waals surface area contributed by atoms with Gasteiger partial charge in [0.15, 0.2) is 0 Å². The summed E-state index contributed by atoms with van der Waals surface area (Å²) < 4.78 is 0. The molecule has 0 saturated heterocycles. The van der Waals surface area contributed by atoms with Crippen LogP contribution in [0.4, 0.5) is 5.69 Å². The summed E-state index contributed by atoms with van der Waals surface area (Å²) in [6.07, 6.45) is 0. The average Bonchev–Trinajstić information content (AvgIpc) is 2.75. The summed E-state index contributed by atoms with van der Waals surface area (Å²) >= 11 is 0. The Morgan fingerprint density at radius 3 is 1.41 bits per heavy atom. The quantitative estimate of drug-likeness (QED) is 0.307. The van der Waals surface area contributed by atoms with Crippen LogP contribution in [0.2, 0.25) is 0 Å². The molecule has 0 bridgehead atoms. The monoisotopic (exact) mass is 351 g/mol. The van der Waals surface area contributed by atoms with Crippen molar-refractivity contribution in [2.75, 3.05) is 0 Å². The summed E-state index contributed by atoms with van der Waals surface area (Å²) in [7, 11) is 0. The van der Waals surface area contributed by atoms with Gasteiger partial charge < -0.3 is 0 Å². The lowest BCUT2D eigenvalue weighted by Crippen LogP contribution is -1.89. The minimum absolute atomic E-state index is 0.0962. The van der Waals surface area contributed by atoms with Crippen molar-refractivity contribution in [2.24, 2.45) is 0 Å². The average molecular weight is 351 g/mol. The number of nitrogens with zero attached hydrogens (tertiary/aromatic N) is 1. The molecular formula is C24H17NO2. The maximum Gasteiger partial charge on any atom is 0.270 e. The van der Waals surface area contributed by atoms with Gasteiger partial charge in [-0.25, -0.2) is 0 Å². The number of rotatable bonds is 4. The summed E-state index contributed by atoms with van der Waals surface area (Å²) in [6, 6.07) is 33.4. The van der Waals surface area contributed by atoms with Gasteiger partial charge in [0.25, 0.3) is 5.69 Å². The summed E-state index contributed by atoms with van der Waals surface area (Å²) in [5.74, 6) is 0. The van der Waals surface area contributed by atoms with Crippen molar-refractivity contribution in [3.05, 3.63) is 113 Å². The molecule has 130 valence electrons. The SMILES string of the molecule is O=[N+]([O-])c1cccc(-c2cc(-c3ccccc3)cc(-c3ccccc3)c2)c1. The highest BCUT2D eigenvalue weighted by molar-refractivity contribution is 5.81. The van der Waals surface area contributed by atoms with Gasteiger partial charge in [-0.2, -0.15) is 0 Å². The molecule has 0 N–H and O–H groups in total. The first kappa shape index (κ1) is 16.7. The molecule has 0 aromatic heterocycles. The van der Waals surface area contributed by atoms with Crippen LogP contribution >= 0.6 is 0 Å². The van der Waals surface area contributed by atoms with E-state index in [0.29, 0.717) is 0 Å². The van der Waals surface area contributed by atoms with E-state index >= 15 is 0 Å². The topological polar surface area (TPSA) is 43.1 Å². The van der Waals surface area contributed by atoms with Crippen LogP contribution in [0.1, 0.15) is 0 Å². The van der Waals surface area contributed by atoms with Gasteiger partial charge in [-0.1, -0.05) is 72.8 Å². The van der Waals surface area contributed by atoms with E-state index in [4.69, 9.17) is 0 Å². The summed E-state index contributed by atoms with van der Waals surface area (Å²) in [5, 5.41) is 11.2. The first-order valence-electron chi connectivity index (χ1n) is 8.71. The van der Waals surface area contributed by atoms with Crippen molar-refractivity contribution in [1.82, 2.24) is 0 Å². The molecule has 0 radical (unpaired) electrons. The Bertz CT molecular complexity index is 1030. The standard InChI is InChI=1S/C24H17NO2/c26-25(27)24-13-7-12-20(17-24)23-15-21(18-8-3-1-4-9-18)14-22(16-23)19-10-5-2-6-11-19/h1-17H. The van der Waals surface area contributed by atoms with Gasteiger partial charge >= 0.3 is 0 Å². The van der Waals surface area contributed by atoms with Crippen LogP contribution in [0.25, 0.3) is 33.4 Å². The lowest BCUT2D eigenvalue weighted by molar-refractivity contribution is -0.384. The molecule has 0 unspecified atom stereocenters. The molecule has 0 spiro atoms. The van der Waals surface area contributed by atoms with Gasteiger partial charge in [-0.3, -0.25) is 10.1 Å². The minimum Gasteiger partial charge on any atom is -0.258 e. The second kappa shape index (κ2) is 7.26. The zero-order chi connectivity index (χ0) is 18.6. The molecule has 3 nitrogen and oxygen atoms in total.